The summed E-state index contributed by atoms with van der Waals surface area (Å²) in [6.07, 6.45) is 5.71. The quantitative estimate of drug-likeness (QED) is 0.778. The Morgan fingerprint density at radius 2 is 2.33 bits per heavy atom. The fraction of sp³-hybridized carbons (Fsp3) is 0.762. The number of methoxy groups -OCH3 is 1. The fourth-order valence-electron chi connectivity index (χ4n) is 6.02. The van der Waals surface area contributed by atoms with Gasteiger partial charge in [-0.2, -0.15) is 0 Å². The molecule has 0 radical (unpaired) electrons. The molecule has 3 saturated heterocycles. The SMILES string of the molecule is COCC1(C(=O)NC[C@H]2[C@H]3CN(Cc4cccs4)C[C@]34CC[C@H]2O4)CCC1. The lowest BCUT2D eigenvalue weighted by Gasteiger charge is -2.40. The number of fused-ring (bicyclic) bond motifs is 1. The Balaban J connectivity index is 1.23. The molecular weight excluding hydrogens is 360 g/mol. The number of hydrogen-bond donors (Lipinski definition) is 1. The van der Waals surface area contributed by atoms with Crippen molar-refractivity contribution in [3.63, 3.8) is 0 Å². The van der Waals surface area contributed by atoms with Gasteiger partial charge in [-0.3, -0.25) is 9.69 Å². The Kier molecular flexibility index (Phi) is 4.58. The molecule has 1 aliphatic carbocycles. The van der Waals surface area contributed by atoms with E-state index in [0.717, 1.165) is 51.9 Å². The molecule has 3 aliphatic heterocycles. The second kappa shape index (κ2) is 6.83. The molecule has 1 saturated carbocycles. The smallest absolute Gasteiger partial charge is 0.228 e. The van der Waals surface area contributed by atoms with E-state index in [1.54, 1.807) is 7.11 Å². The number of amides is 1. The number of ether oxygens (including phenoxy) is 2. The summed E-state index contributed by atoms with van der Waals surface area (Å²) in [7, 11) is 1.70. The number of carbonyl (C=O) groups excluding carboxylic acids is 1. The number of nitrogens with zero attached hydrogens (tertiary/aromatic N) is 1. The molecule has 4 heterocycles. The molecule has 148 valence electrons. The normalized spacial score (nSPS) is 36.6. The van der Waals surface area contributed by atoms with Gasteiger partial charge >= 0.3 is 0 Å². The summed E-state index contributed by atoms with van der Waals surface area (Å²) in [6.45, 7) is 4.47. The van der Waals surface area contributed by atoms with Gasteiger partial charge in [0.15, 0.2) is 0 Å². The van der Waals surface area contributed by atoms with Crippen LogP contribution in [0.25, 0.3) is 0 Å². The fourth-order valence-corrected chi connectivity index (χ4v) is 6.76. The maximum atomic E-state index is 12.8. The van der Waals surface area contributed by atoms with Crippen molar-refractivity contribution in [3.05, 3.63) is 22.4 Å². The van der Waals surface area contributed by atoms with Crippen LogP contribution in [0.1, 0.15) is 37.0 Å². The highest BCUT2D eigenvalue weighted by Crippen LogP contribution is 2.55. The zero-order chi connectivity index (χ0) is 18.5. The summed E-state index contributed by atoms with van der Waals surface area (Å²) in [6, 6.07) is 4.35. The van der Waals surface area contributed by atoms with Crippen LogP contribution in [0, 0.1) is 17.3 Å². The largest absolute Gasteiger partial charge is 0.384 e. The number of likely N-dealkylation sites (tertiary alicyclic amines) is 1. The Morgan fingerprint density at radius 1 is 1.44 bits per heavy atom. The van der Waals surface area contributed by atoms with Gasteiger partial charge < -0.3 is 14.8 Å². The van der Waals surface area contributed by atoms with E-state index < -0.39 is 0 Å². The third kappa shape index (κ3) is 2.96. The number of nitrogens with one attached hydrogen (secondary N) is 1. The molecule has 0 unspecified atom stereocenters. The van der Waals surface area contributed by atoms with Crippen LogP contribution in [0.3, 0.4) is 0 Å². The zero-order valence-electron chi connectivity index (χ0n) is 16.1. The molecule has 2 bridgehead atoms. The number of thiophene rings is 1. The summed E-state index contributed by atoms with van der Waals surface area (Å²) >= 11 is 1.83. The van der Waals surface area contributed by atoms with Crippen LogP contribution in [0.2, 0.25) is 0 Å². The van der Waals surface area contributed by atoms with Gasteiger partial charge in [0.2, 0.25) is 5.91 Å². The van der Waals surface area contributed by atoms with E-state index in [4.69, 9.17) is 9.47 Å². The predicted molar refractivity (Wildman–Crippen MR) is 105 cm³/mol. The van der Waals surface area contributed by atoms with E-state index in [-0.39, 0.29) is 16.9 Å². The first kappa shape index (κ1) is 18.1. The summed E-state index contributed by atoms with van der Waals surface area (Å²) in [5.41, 5.74) is -0.232. The van der Waals surface area contributed by atoms with Gasteiger partial charge in [-0.05, 0) is 37.1 Å². The molecule has 1 N–H and O–H groups in total. The topological polar surface area (TPSA) is 50.8 Å². The van der Waals surface area contributed by atoms with E-state index >= 15 is 0 Å². The molecule has 1 aromatic heterocycles. The second-order valence-electron chi connectivity index (χ2n) is 9.06. The van der Waals surface area contributed by atoms with Crippen LogP contribution >= 0.6 is 11.3 Å². The van der Waals surface area contributed by atoms with Gasteiger partial charge in [-0.15, -0.1) is 11.3 Å². The molecule has 27 heavy (non-hydrogen) atoms. The van der Waals surface area contributed by atoms with Gasteiger partial charge in [0.1, 0.15) is 0 Å². The van der Waals surface area contributed by atoms with Gasteiger partial charge in [0.25, 0.3) is 0 Å². The van der Waals surface area contributed by atoms with E-state index in [2.05, 4.69) is 27.7 Å². The average Bonchev–Trinajstić information content (AvgIpc) is 3.37. The molecule has 1 spiro atoms. The molecule has 5 rings (SSSR count). The van der Waals surface area contributed by atoms with Crippen molar-refractivity contribution in [1.29, 1.82) is 0 Å². The van der Waals surface area contributed by atoms with Gasteiger partial charge in [0.05, 0.1) is 23.7 Å². The molecule has 1 amide bonds. The molecule has 4 fully saturated rings. The second-order valence-corrected chi connectivity index (χ2v) is 10.1. The first-order valence-corrected chi connectivity index (χ1v) is 11.2. The summed E-state index contributed by atoms with van der Waals surface area (Å²) < 4.78 is 11.9. The summed E-state index contributed by atoms with van der Waals surface area (Å²) in [5.74, 6) is 1.20. The molecule has 5 nitrogen and oxygen atoms in total. The van der Waals surface area contributed by atoms with Crippen LogP contribution in [0.4, 0.5) is 0 Å². The van der Waals surface area contributed by atoms with Crippen LogP contribution < -0.4 is 5.32 Å². The molecule has 4 atom stereocenters. The van der Waals surface area contributed by atoms with Gasteiger partial charge in [-0.25, -0.2) is 0 Å². The Labute approximate surface area is 165 Å². The van der Waals surface area contributed by atoms with E-state index in [1.165, 1.54) is 11.3 Å². The average molecular weight is 391 g/mol. The Morgan fingerprint density at radius 3 is 3.04 bits per heavy atom. The number of hydrogen-bond acceptors (Lipinski definition) is 5. The lowest BCUT2D eigenvalue weighted by molar-refractivity contribution is -0.140. The summed E-state index contributed by atoms with van der Waals surface area (Å²) in [4.78, 5) is 16.8. The highest BCUT2D eigenvalue weighted by atomic mass is 32.1. The lowest BCUT2D eigenvalue weighted by Crippen LogP contribution is -2.51. The maximum absolute atomic E-state index is 12.8. The molecular formula is C21H30N2O3S. The van der Waals surface area contributed by atoms with Crippen LogP contribution in [-0.4, -0.2) is 55.9 Å². The van der Waals surface area contributed by atoms with Crippen molar-refractivity contribution in [2.75, 3.05) is 33.4 Å². The highest BCUT2D eigenvalue weighted by molar-refractivity contribution is 7.09. The van der Waals surface area contributed by atoms with Crippen molar-refractivity contribution in [1.82, 2.24) is 10.2 Å². The lowest BCUT2D eigenvalue weighted by atomic mass is 9.68. The summed E-state index contributed by atoms with van der Waals surface area (Å²) in [5, 5.41) is 5.45. The molecule has 1 aromatic rings. The van der Waals surface area contributed by atoms with Crippen molar-refractivity contribution in [3.8, 4) is 0 Å². The minimum atomic E-state index is -0.272. The molecule has 6 heteroatoms. The first-order valence-electron chi connectivity index (χ1n) is 10.3. The van der Waals surface area contributed by atoms with Crippen molar-refractivity contribution >= 4 is 17.2 Å². The first-order chi connectivity index (χ1) is 13.1. The highest BCUT2D eigenvalue weighted by Gasteiger charge is 2.62. The van der Waals surface area contributed by atoms with Crippen LogP contribution in [-0.2, 0) is 20.8 Å². The predicted octanol–water partition coefficient (Wildman–Crippen LogP) is 2.66. The molecule has 4 aliphatic rings. The van der Waals surface area contributed by atoms with Crippen LogP contribution in [0.5, 0.6) is 0 Å². The van der Waals surface area contributed by atoms with E-state index in [9.17, 15) is 4.79 Å². The Hall–Kier alpha value is -0.950. The van der Waals surface area contributed by atoms with Crippen LogP contribution in [0.15, 0.2) is 17.5 Å². The number of carbonyl (C=O) groups is 1. The van der Waals surface area contributed by atoms with Crippen molar-refractivity contribution in [2.24, 2.45) is 17.3 Å². The van der Waals surface area contributed by atoms with E-state index in [0.29, 0.717) is 24.5 Å². The minimum Gasteiger partial charge on any atom is -0.384 e. The zero-order valence-corrected chi connectivity index (χ0v) is 16.9. The van der Waals surface area contributed by atoms with E-state index in [1.807, 2.05) is 11.3 Å². The van der Waals surface area contributed by atoms with Crippen molar-refractivity contribution in [2.45, 2.75) is 50.4 Å². The minimum absolute atomic E-state index is 0.0397. The number of rotatable bonds is 7. The standard InChI is InChI=1S/C21H30N2O3S/c1-25-14-20(6-3-7-20)19(24)22-10-16-17-12-23(11-15-4-2-9-27-15)13-21(17)8-5-18(16)26-21/h2,4,9,16-18H,3,5-8,10-14H2,1H3,(H,22,24)/t16-,17+,18+,21+/m0/s1. The van der Waals surface area contributed by atoms with Crippen molar-refractivity contribution < 1.29 is 14.3 Å². The third-order valence-electron chi connectivity index (χ3n) is 7.53. The molecule has 0 aromatic carbocycles. The van der Waals surface area contributed by atoms with Gasteiger partial charge in [0, 0.05) is 50.0 Å². The maximum Gasteiger partial charge on any atom is 0.228 e. The Bertz CT molecular complexity index is 690. The monoisotopic (exact) mass is 390 g/mol. The van der Waals surface area contributed by atoms with Gasteiger partial charge in [-0.1, -0.05) is 12.5 Å². The third-order valence-corrected chi connectivity index (χ3v) is 8.39.